The van der Waals surface area contributed by atoms with Crippen LogP contribution in [0.4, 0.5) is 0 Å². The van der Waals surface area contributed by atoms with Crippen LogP contribution in [-0.2, 0) is 6.54 Å². The van der Waals surface area contributed by atoms with Crippen molar-refractivity contribution in [2.24, 2.45) is 16.8 Å². The number of aliphatic imine (C=N–C) groups is 1. The fourth-order valence-electron chi connectivity index (χ4n) is 4.00. The Morgan fingerprint density at radius 1 is 1.14 bits per heavy atom. The molecule has 0 bridgehead atoms. The summed E-state index contributed by atoms with van der Waals surface area (Å²) in [6.45, 7) is 13.1. The van der Waals surface area contributed by atoms with Gasteiger partial charge in [-0.1, -0.05) is 26.0 Å². The van der Waals surface area contributed by atoms with Crippen LogP contribution in [0.2, 0.25) is 0 Å². The van der Waals surface area contributed by atoms with E-state index in [-0.39, 0.29) is 11.4 Å². The van der Waals surface area contributed by atoms with E-state index in [9.17, 15) is 4.79 Å². The molecular weight excluding hydrogens is 362 g/mol. The fourth-order valence-corrected chi connectivity index (χ4v) is 4.00. The van der Waals surface area contributed by atoms with E-state index in [1.54, 1.807) is 26.0 Å². The lowest BCUT2D eigenvalue weighted by atomic mass is 9.88. The molecule has 29 heavy (non-hydrogen) atoms. The zero-order valence-electron chi connectivity index (χ0n) is 19.2. The van der Waals surface area contributed by atoms with Crippen LogP contribution in [0.3, 0.4) is 0 Å². The molecule has 6 heteroatoms. The number of hydrogen-bond acceptors (Lipinski definition) is 3. The van der Waals surface area contributed by atoms with Crippen LogP contribution >= 0.6 is 0 Å². The van der Waals surface area contributed by atoms with E-state index >= 15 is 0 Å². The van der Waals surface area contributed by atoms with Gasteiger partial charge in [-0.05, 0) is 49.8 Å². The SMILES string of the molecule is CN=C(NCc1ccc(C(=O)N(C)C)cc1)NCC(C)(C)N1CC(C)CC(C)C1. The first-order valence-electron chi connectivity index (χ1n) is 10.6. The van der Waals surface area contributed by atoms with E-state index in [1.807, 2.05) is 24.3 Å². The molecule has 1 aliphatic rings. The van der Waals surface area contributed by atoms with E-state index < -0.39 is 0 Å². The smallest absolute Gasteiger partial charge is 0.253 e. The molecule has 1 fully saturated rings. The normalized spacial score (nSPS) is 21.0. The third kappa shape index (κ3) is 6.74. The van der Waals surface area contributed by atoms with Crippen LogP contribution in [0.1, 0.15) is 50.0 Å². The summed E-state index contributed by atoms with van der Waals surface area (Å²) in [6.07, 6.45) is 1.32. The molecule has 1 aromatic carbocycles. The van der Waals surface area contributed by atoms with E-state index in [4.69, 9.17) is 0 Å². The molecule has 0 saturated carbocycles. The van der Waals surface area contributed by atoms with E-state index in [2.05, 4.69) is 48.2 Å². The minimum atomic E-state index is 0.0190. The van der Waals surface area contributed by atoms with Gasteiger partial charge in [0.05, 0.1) is 0 Å². The number of nitrogens with one attached hydrogen (secondary N) is 2. The van der Waals surface area contributed by atoms with Gasteiger partial charge in [0.2, 0.25) is 0 Å². The molecule has 0 radical (unpaired) electrons. The van der Waals surface area contributed by atoms with Crippen LogP contribution in [0.15, 0.2) is 29.3 Å². The number of guanidine groups is 1. The minimum Gasteiger partial charge on any atom is -0.355 e. The van der Waals surface area contributed by atoms with Crippen LogP contribution in [0.25, 0.3) is 0 Å². The Hall–Kier alpha value is -2.08. The monoisotopic (exact) mass is 401 g/mol. The lowest BCUT2D eigenvalue weighted by Crippen LogP contribution is -2.57. The summed E-state index contributed by atoms with van der Waals surface area (Å²) in [4.78, 5) is 20.6. The zero-order chi connectivity index (χ0) is 21.6. The molecule has 162 valence electrons. The summed E-state index contributed by atoms with van der Waals surface area (Å²) < 4.78 is 0. The van der Waals surface area contributed by atoms with Crippen molar-refractivity contribution in [2.45, 2.75) is 46.2 Å². The summed E-state index contributed by atoms with van der Waals surface area (Å²) in [5, 5.41) is 6.86. The van der Waals surface area contributed by atoms with E-state index in [0.29, 0.717) is 12.1 Å². The van der Waals surface area contributed by atoms with Gasteiger partial charge < -0.3 is 15.5 Å². The van der Waals surface area contributed by atoms with Crippen molar-refractivity contribution in [3.05, 3.63) is 35.4 Å². The predicted octanol–water partition coefficient (Wildman–Crippen LogP) is 2.81. The van der Waals surface area contributed by atoms with Crippen molar-refractivity contribution < 1.29 is 4.79 Å². The lowest BCUT2D eigenvalue weighted by Gasteiger charge is -2.45. The first kappa shape index (κ1) is 23.2. The molecule has 1 aliphatic heterocycles. The van der Waals surface area contributed by atoms with Crippen molar-refractivity contribution in [2.75, 3.05) is 40.8 Å². The number of nitrogens with zero attached hydrogens (tertiary/aromatic N) is 3. The first-order chi connectivity index (χ1) is 13.6. The van der Waals surface area contributed by atoms with Crippen LogP contribution in [0.5, 0.6) is 0 Å². The molecule has 0 aromatic heterocycles. The zero-order valence-corrected chi connectivity index (χ0v) is 19.2. The van der Waals surface area contributed by atoms with Crippen LogP contribution in [-0.4, -0.2) is 68.0 Å². The second-order valence-corrected chi connectivity index (χ2v) is 9.34. The number of piperidine rings is 1. The van der Waals surface area contributed by atoms with Gasteiger partial charge in [0.15, 0.2) is 5.96 Å². The summed E-state index contributed by atoms with van der Waals surface area (Å²) in [6, 6.07) is 7.71. The molecule has 6 nitrogen and oxygen atoms in total. The Morgan fingerprint density at radius 2 is 1.72 bits per heavy atom. The van der Waals surface area contributed by atoms with Crippen LogP contribution < -0.4 is 10.6 Å². The van der Waals surface area contributed by atoms with E-state index in [1.165, 1.54) is 6.42 Å². The van der Waals surface area contributed by atoms with Gasteiger partial charge in [0.25, 0.3) is 5.91 Å². The lowest BCUT2D eigenvalue weighted by molar-refractivity contribution is 0.0483. The number of likely N-dealkylation sites (tertiary alicyclic amines) is 1. The number of amides is 1. The molecule has 1 heterocycles. The van der Waals surface area contributed by atoms with Gasteiger partial charge in [0, 0.05) is 58.4 Å². The average Bonchev–Trinajstić information content (AvgIpc) is 2.67. The molecule has 2 rings (SSSR count). The standard InChI is InChI=1S/C23H39N5O/c1-17-12-18(2)15-28(14-17)23(3,4)16-26-22(24-5)25-13-19-8-10-20(11-9-19)21(29)27(6)7/h8-11,17-18H,12-16H2,1-7H3,(H2,24,25,26). The highest BCUT2D eigenvalue weighted by Gasteiger charge is 2.32. The molecule has 1 saturated heterocycles. The maximum atomic E-state index is 12.0. The third-order valence-electron chi connectivity index (χ3n) is 5.70. The minimum absolute atomic E-state index is 0.0190. The largest absolute Gasteiger partial charge is 0.355 e. The maximum Gasteiger partial charge on any atom is 0.253 e. The number of carbonyl (C=O) groups is 1. The molecule has 2 unspecified atom stereocenters. The quantitative estimate of drug-likeness (QED) is 0.568. The van der Waals surface area contributed by atoms with Gasteiger partial charge >= 0.3 is 0 Å². The van der Waals surface area contributed by atoms with Gasteiger partial charge in [-0.3, -0.25) is 14.7 Å². The van der Waals surface area contributed by atoms with Gasteiger partial charge in [-0.15, -0.1) is 0 Å². The number of benzene rings is 1. The van der Waals surface area contributed by atoms with Crippen molar-refractivity contribution >= 4 is 11.9 Å². The average molecular weight is 402 g/mol. The van der Waals surface area contributed by atoms with Crippen molar-refractivity contribution in [1.82, 2.24) is 20.4 Å². The molecule has 2 atom stereocenters. The highest BCUT2D eigenvalue weighted by atomic mass is 16.2. The molecule has 0 aliphatic carbocycles. The van der Waals surface area contributed by atoms with Gasteiger partial charge in [-0.25, -0.2) is 0 Å². The molecule has 2 N–H and O–H groups in total. The van der Waals surface area contributed by atoms with Gasteiger partial charge in [0.1, 0.15) is 0 Å². The molecule has 0 spiro atoms. The first-order valence-corrected chi connectivity index (χ1v) is 10.6. The Balaban J connectivity index is 1.86. The Labute approximate surface area is 176 Å². The fraction of sp³-hybridized carbons (Fsp3) is 0.652. The van der Waals surface area contributed by atoms with E-state index in [0.717, 1.165) is 43.0 Å². The van der Waals surface area contributed by atoms with Crippen molar-refractivity contribution in [3.8, 4) is 0 Å². The number of hydrogen-bond donors (Lipinski definition) is 2. The third-order valence-corrected chi connectivity index (χ3v) is 5.70. The summed E-state index contributed by atoms with van der Waals surface area (Å²) in [7, 11) is 5.33. The second kappa shape index (κ2) is 10.1. The summed E-state index contributed by atoms with van der Waals surface area (Å²) >= 11 is 0. The number of carbonyl (C=O) groups excluding carboxylic acids is 1. The highest BCUT2D eigenvalue weighted by molar-refractivity contribution is 5.93. The highest BCUT2D eigenvalue weighted by Crippen LogP contribution is 2.26. The van der Waals surface area contributed by atoms with Gasteiger partial charge in [-0.2, -0.15) is 0 Å². The second-order valence-electron chi connectivity index (χ2n) is 9.34. The summed E-state index contributed by atoms with van der Waals surface area (Å²) in [5.41, 5.74) is 1.88. The molecular formula is C23H39N5O. The molecule has 1 aromatic rings. The Kier molecular flexibility index (Phi) is 8.08. The van der Waals surface area contributed by atoms with Crippen molar-refractivity contribution in [1.29, 1.82) is 0 Å². The topological polar surface area (TPSA) is 60.0 Å². The Bertz CT molecular complexity index is 686. The maximum absolute atomic E-state index is 12.0. The Morgan fingerprint density at radius 3 is 2.24 bits per heavy atom. The number of rotatable bonds is 6. The van der Waals surface area contributed by atoms with Crippen molar-refractivity contribution in [3.63, 3.8) is 0 Å². The van der Waals surface area contributed by atoms with Crippen LogP contribution in [0, 0.1) is 11.8 Å². The predicted molar refractivity (Wildman–Crippen MR) is 121 cm³/mol. The molecule has 1 amide bonds. The summed E-state index contributed by atoms with van der Waals surface area (Å²) in [5.74, 6) is 2.31.